The lowest BCUT2D eigenvalue weighted by Crippen LogP contribution is -2.29. The summed E-state index contributed by atoms with van der Waals surface area (Å²) in [4.78, 5) is 16.4. The van der Waals surface area contributed by atoms with Gasteiger partial charge in [0.2, 0.25) is 0 Å². The molecule has 0 unspecified atom stereocenters. The van der Waals surface area contributed by atoms with Gasteiger partial charge in [-0.15, -0.1) is 0 Å². The number of hydrogen-bond donors (Lipinski definition) is 1. The van der Waals surface area contributed by atoms with Crippen LogP contribution >= 0.6 is 15.9 Å². The molecule has 1 aromatic heterocycles. The monoisotopic (exact) mass is 272 g/mol. The van der Waals surface area contributed by atoms with Gasteiger partial charge in [-0.3, -0.25) is 14.7 Å². The van der Waals surface area contributed by atoms with Crippen molar-refractivity contribution in [2.45, 2.75) is 13.5 Å². The smallest absolute Gasteiger partial charge is 0.317 e. The Balaban J connectivity index is 2.62. The Morgan fingerprint density at radius 1 is 1.60 bits per heavy atom. The molecule has 0 aliphatic heterocycles. The zero-order valence-corrected chi connectivity index (χ0v) is 10.1. The lowest BCUT2D eigenvalue weighted by atomic mass is 10.2. The fourth-order valence-electron chi connectivity index (χ4n) is 1.27. The fraction of sp³-hybridized carbons (Fsp3) is 0.400. The van der Waals surface area contributed by atoms with Crippen molar-refractivity contribution in [2.24, 2.45) is 0 Å². The second kappa shape index (κ2) is 5.82. The van der Waals surface area contributed by atoms with Crippen LogP contribution in [0, 0.1) is 0 Å². The van der Waals surface area contributed by atoms with Crippen molar-refractivity contribution >= 4 is 21.9 Å². The lowest BCUT2D eigenvalue weighted by molar-refractivity contribution is -0.138. The third-order valence-electron chi connectivity index (χ3n) is 1.97. The highest BCUT2D eigenvalue weighted by atomic mass is 79.9. The maximum Gasteiger partial charge on any atom is 0.317 e. The molecule has 15 heavy (non-hydrogen) atoms. The predicted molar refractivity (Wildman–Crippen MR) is 60.5 cm³/mol. The summed E-state index contributed by atoms with van der Waals surface area (Å²) in [6.07, 6.45) is 3.45. The fourth-order valence-corrected chi connectivity index (χ4v) is 1.68. The average Bonchev–Trinajstić information content (AvgIpc) is 2.16. The number of halogens is 1. The zero-order valence-electron chi connectivity index (χ0n) is 8.48. The van der Waals surface area contributed by atoms with E-state index in [0.29, 0.717) is 13.1 Å². The summed E-state index contributed by atoms with van der Waals surface area (Å²) in [7, 11) is 0. The highest BCUT2D eigenvalue weighted by molar-refractivity contribution is 9.10. The number of carboxylic acid groups (broad SMARTS) is 1. The predicted octanol–water partition coefficient (Wildman–Crippen LogP) is 1.75. The molecular weight excluding hydrogens is 260 g/mol. The van der Waals surface area contributed by atoms with E-state index in [-0.39, 0.29) is 6.54 Å². The van der Waals surface area contributed by atoms with Crippen LogP contribution in [0.1, 0.15) is 12.5 Å². The van der Waals surface area contributed by atoms with Gasteiger partial charge in [0.1, 0.15) is 0 Å². The van der Waals surface area contributed by atoms with Crippen LogP contribution in [0.2, 0.25) is 0 Å². The molecule has 1 N–H and O–H groups in total. The van der Waals surface area contributed by atoms with Gasteiger partial charge in [-0.05, 0) is 34.1 Å². The number of likely N-dealkylation sites (N-methyl/N-ethyl adjacent to an activating group) is 1. The summed E-state index contributed by atoms with van der Waals surface area (Å²) in [5.74, 6) is -0.806. The van der Waals surface area contributed by atoms with Crippen LogP contribution in [-0.4, -0.2) is 34.0 Å². The van der Waals surface area contributed by atoms with E-state index in [9.17, 15) is 4.79 Å². The summed E-state index contributed by atoms with van der Waals surface area (Å²) in [6, 6.07) is 1.94. The quantitative estimate of drug-likeness (QED) is 0.888. The van der Waals surface area contributed by atoms with E-state index < -0.39 is 5.97 Å². The number of pyridine rings is 1. The summed E-state index contributed by atoms with van der Waals surface area (Å²) in [5, 5.41) is 8.68. The summed E-state index contributed by atoms with van der Waals surface area (Å²) in [5.41, 5.74) is 1.01. The minimum absolute atomic E-state index is 0.0585. The van der Waals surface area contributed by atoms with Crippen molar-refractivity contribution in [2.75, 3.05) is 13.1 Å². The standard InChI is InChI=1S/C10H13BrN2O2/c1-2-13(7-10(14)15)6-8-3-9(11)5-12-4-8/h3-5H,2,6-7H2,1H3,(H,14,15). The largest absolute Gasteiger partial charge is 0.480 e. The Labute approximate surface area is 97.1 Å². The maximum absolute atomic E-state index is 10.6. The molecular formula is C10H13BrN2O2. The summed E-state index contributed by atoms with van der Waals surface area (Å²) >= 11 is 3.33. The zero-order chi connectivity index (χ0) is 11.3. The van der Waals surface area contributed by atoms with Gasteiger partial charge in [0.05, 0.1) is 6.54 Å². The van der Waals surface area contributed by atoms with Gasteiger partial charge in [-0.2, -0.15) is 0 Å². The number of hydrogen-bond acceptors (Lipinski definition) is 3. The van der Waals surface area contributed by atoms with Crippen LogP contribution < -0.4 is 0 Å². The molecule has 4 nitrogen and oxygen atoms in total. The number of nitrogens with zero attached hydrogens (tertiary/aromatic N) is 2. The van der Waals surface area contributed by atoms with E-state index >= 15 is 0 Å². The van der Waals surface area contributed by atoms with Gasteiger partial charge in [-0.1, -0.05) is 6.92 Å². The van der Waals surface area contributed by atoms with Gasteiger partial charge in [-0.25, -0.2) is 0 Å². The van der Waals surface area contributed by atoms with Crippen LogP contribution in [0.3, 0.4) is 0 Å². The van der Waals surface area contributed by atoms with Gasteiger partial charge in [0, 0.05) is 23.4 Å². The van der Waals surface area contributed by atoms with Crippen molar-refractivity contribution in [3.63, 3.8) is 0 Å². The normalized spacial score (nSPS) is 10.6. The van der Waals surface area contributed by atoms with Crippen molar-refractivity contribution in [1.29, 1.82) is 0 Å². The van der Waals surface area contributed by atoms with E-state index in [1.54, 1.807) is 12.4 Å². The second-order valence-electron chi connectivity index (χ2n) is 3.21. The number of aliphatic carboxylic acids is 1. The van der Waals surface area contributed by atoms with Gasteiger partial charge < -0.3 is 5.11 Å². The summed E-state index contributed by atoms with van der Waals surface area (Å²) in [6.45, 7) is 3.31. The minimum Gasteiger partial charge on any atom is -0.480 e. The minimum atomic E-state index is -0.806. The first-order chi connectivity index (χ1) is 7.11. The molecule has 0 saturated heterocycles. The van der Waals surface area contributed by atoms with Crippen LogP contribution in [0.4, 0.5) is 0 Å². The first-order valence-corrected chi connectivity index (χ1v) is 5.44. The van der Waals surface area contributed by atoms with E-state index in [0.717, 1.165) is 10.0 Å². The molecule has 0 fully saturated rings. The third-order valence-corrected chi connectivity index (χ3v) is 2.41. The molecule has 0 spiro atoms. The SMILES string of the molecule is CCN(CC(=O)O)Cc1cncc(Br)c1. The molecule has 0 bridgehead atoms. The van der Waals surface area contributed by atoms with Crippen molar-refractivity contribution in [3.8, 4) is 0 Å². The van der Waals surface area contributed by atoms with Crippen LogP contribution in [0.15, 0.2) is 22.9 Å². The molecule has 1 heterocycles. The Morgan fingerprint density at radius 2 is 2.33 bits per heavy atom. The molecule has 0 atom stereocenters. The topological polar surface area (TPSA) is 53.4 Å². The van der Waals surface area contributed by atoms with Crippen LogP contribution in [0.25, 0.3) is 0 Å². The Morgan fingerprint density at radius 3 is 2.87 bits per heavy atom. The van der Waals surface area contributed by atoms with Gasteiger partial charge >= 0.3 is 5.97 Å². The van der Waals surface area contributed by atoms with Crippen molar-refractivity contribution in [3.05, 3.63) is 28.5 Å². The molecule has 0 saturated carbocycles. The molecule has 1 rings (SSSR count). The highest BCUT2D eigenvalue weighted by Gasteiger charge is 2.08. The number of carbonyl (C=O) groups is 1. The number of rotatable bonds is 5. The molecule has 82 valence electrons. The number of carboxylic acids is 1. The molecule has 5 heteroatoms. The lowest BCUT2D eigenvalue weighted by Gasteiger charge is -2.17. The first-order valence-electron chi connectivity index (χ1n) is 4.65. The molecule has 0 aliphatic rings. The van der Waals surface area contributed by atoms with Crippen LogP contribution in [0.5, 0.6) is 0 Å². The van der Waals surface area contributed by atoms with E-state index in [1.165, 1.54) is 0 Å². The number of aromatic nitrogens is 1. The van der Waals surface area contributed by atoms with Crippen molar-refractivity contribution in [1.82, 2.24) is 9.88 Å². The van der Waals surface area contributed by atoms with Crippen molar-refractivity contribution < 1.29 is 9.90 Å². The maximum atomic E-state index is 10.6. The highest BCUT2D eigenvalue weighted by Crippen LogP contribution is 2.11. The molecule has 0 aliphatic carbocycles. The first kappa shape index (κ1) is 12.1. The molecule has 0 aromatic carbocycles. The Hall–Kier alpha value is -0.940. The van der Waals surface area contributed by atoms with Gasteiger partial charge in [0.25, 0.3) is 0 Å². The van der Waals surface area contributed by atoms with Crippen LogP contribution in [-0.2, 0) is 11.3 Å². The van der Waals surface area contributed by atoms with E-state index in [1.807, 2.05) is 17.9 Å². The van der Waals surface area contributed by atoms with E-state index in [2.05, 4.69) is 20.9 Å². The molecule has 1 aromatic rings. The average molecular weight is 273 g/mol. The molecule has 0 amide bonds. The Kier molecular flexibility index (Phi) is 4.71. The summed E-state index contributed by atoms with van der Waals surface area (Å²) < 4.78 is 0.909. The molecule has 0 radical (unpaired) electrons. The second-order valence-corrected chi connectivity index (χ2v) is 4.12. The van der Waals surface area contributed by atoms with E-state index in [4.69, 9.17) is 5.11 Å². The third kappa shape index (κ3) is 4.40. The Bertz CT molecular complexity index is 344. The van der Waals surface area contributed by atoms with Gasteiger partial charge in [0.15, 0.2) is 0 Å².